The van der Waals surface area contributed by atoms with Crippen LogP contribution in [0.5, 0.6) is 0 Å². The van der Waals surface area contributed by atoms with Gasteiger partial charge in [0.25, 0.3) is 0 Å². The average molecular weight is 951 g/mol. The van der Waals surface area contributed by atoms with Crippen LogP contribution in [0.3, 0.4) is 0 Å². The van der Waals surface area contributed by atoms with Gasteiger partial charge in [0.1, 0.15) is 12.2 Å². The van der Waals surface area contributed by atoms with Crippen molar-refractivity contribution >= 4 is 35.8 Å². The maximum Gasteiger partial charge on any atom is 0.338 e. The quantitative estimate of drug-likeness (QED) is 0.0748. The van der Waals surface area contributed by atoms with Gasteiger partial charge in [-0.15, -0.1) is 0 Å². The van der Waals surface area contributed by atoms with Crippen molar-refractivity contribution in [3.05, 3.63) is 215 Å². The minimum atomic E-state index is -1.84. The van der Waals surface area contributed by atoms with Crippen LogP contribution in [0.15, 0.2) is 182 Å². The number of carbonyl (C=O) groups is 6. The second kappa shape index (κ2) is 22.9. The molecular weight excluding hydrogens is 905 g/mol. The number of hydrogen-bond donors (Lipinski definition) is 0. The summed E-state index contributed by atoms with van der Waals surface area (Å²) in [6, 6.07) is 47.2. The molecule has 0 aromatic heterocycles. The van der Waals surface area contributed by atoms with Crippen LogP contribution < -0.4 is 0 Å². The normalized spacial score (nSPS) is 23.9. The molecule has 70 heavy (non-hydrogen) atoms. The zero-order valence-electron chi connectivity index (χ0n) is 37.6. The van der Waals surface area contributed by atoms with Crippen LogP contribution in [0.2, 0.25) is 0 Å². The van der Waals surface area contributed by atoms with Crippen molar-refractivity contribution in [1.29, 1.82) is 0 Å². The van der Waals surface area contributed by atoms with Gasteiger partial charge in [0.15, 0.2) is 49.2 Å². The van der Waals surface area contributed by atoms with Crippen LogP contribution in [0.4, 0.5) is 0 Å². The van der Waals surface area contributed by atoms with E-state index in [9.17, 15) is 28.8 Å². The van der Waals surface area contributed by atoms with Crippen molar-refractivity contribution < 1.29 is 76.1 Å². The molecule has 16 nitrogen and oxygen atoms in total. The molecule has 0 bridgehead atoms. The van der Waals surface area contributed by atoms with Crippen molar-refractivity contribution in [3.63, 3.8) is 0 Å². The minimum absolute atomic E-state index is 0.0509. The van der Waals surface area contributed by atoms with Gasteiger partial charge in [-0.25, -0.2) is 28.8 Å². The first-order chi connectivity index (χ1) is 34.1. The highest BCUT2D eigenvalue weighted by molar-refractivity contribution is 5.93. The van der Waals surface area contributed by atoms with Crippen LogP contribution >= 0.6 is 0 Å². The Morgan fingerprint density at radius 1 is 0.286 bits per heavy atom. The van der Waals surface area contributed by atoms with Gasteiger partial charge in [0.05, 0.1) is 33.4 Å². The van der Waals surface area contributed by atoms with Crippen molar-refractivity contribution in [3.8, 4) is 0 Å². The molecule has 2 saturated heterocycles. The summed E-state index contributed by atoms with van der Waals surface area (Å²) in [5.74, 6) is -5.55. The van der Waals surface area contributed by atoms with Crippen LogP contribution in [0.1, 0.15) is 62.1 Å². The molecule has 0 amide bonds. The van der Waals surface area contributed by atoms with Crippen LogP contribution in [0, 0.1) is 0 Å². The molecule has 0 N–H and O–H groups in total. The van der Waals surface area contributed by atoms with Crippen molar-refractivity contribution in [2.75, 3.05) is 14.2 Å². The molecule has 8 rings (SSSR count). The van der Waals surface area contributed by atoms with Gasteiger partial charge in [-0.2, -0.15) is 0 Å². The van der Waals surface area contributed by atoms with Gasteiger partial charge in [0, 0.05) is 14.2 Å². The second-order valence-electron chi connectivity index (χ2n) is 15.8. The molecule has 2 fully saturated rings. The van der Waals surface area contributed by atoms with E-state index < -0.39 is 97.2 Å². The summed E-state index contributed by atoms with van der Waals surface area (Å²) in [6.07, 6.45) is -17.4. The molecular formula is C54H46O16. The van der Waals surface area contributed by atoms with E-state index in [1.165, 1.54) is 87.0 Å². The Balaban J connectivity index is 1.29. The van der Waals surface area contributed by atoms with E-state index in [1.54, 1.807) is 109 Å². The molecule has 2 heterocycles. The standard InChI is InChI=1S/C54H46O16/c1-61-53-45(67-51(59)37-29-17-7-18-30-37)43(65-49(57)35-25-13-5-14-26-35)39(63-47(55)33-21-9-3-10-22-33)41(69-53)42-40(64-48(56)34-23-11-4-12-24-34)44(66-50(58)36-27-15-6-16-28-36)46(54(62-2)70-42)68-52(60)38-31-19-8-20-32-38/h3-32,39-46,53-54H,1-2H3/t39-,40-,41-,42-,43+,44+,45+,46+,53+,54+/m1/s1. The lowest BCUT2D eigenvalue weighted by Crippen LogP contribution is -2.71. The molecule has 358 valence electrons. The zero-order chi connectivity index (χ0) is 49.0. The largest absolute Gasteiger partial charge is 0.452 e. The molecule has 6 aromatic rings. The molecule has 0 aliphatic carbocycles. The Hall–Kier alpha value is -8.02. The molecule has 2 aliphatic heterocycles. The average Bonchev–Trinajstić information content (AvgIpc) is 3.41. The van der Waals surface area contributed by atoms with E-state index in [1.807, 2.05) is 0 Å². The van der Waals surface area contributed by atoms with Crippen LogP contribution in [-0.2, 0) is 47.4 Å². The van der Waals surface area contributed by atoms with Gasteiger partial charge in [0.2, 0.25) is 0 Å². The van der Waals surface area contributed by atoms with Crippen molar-refractivity contribution in [1.82, 2.24) is 0 Å². The van der Waals surface area contributed by atoms with Crippen LogP contribution in [0.25, 0.3) is 0 Å². The summed E-state index contributed by atoms with van der Waals surface area (Å²) in [7, 11) is 2.46. The van der Waals surface area contributed by atoms with Gasteiger partial charge >= 0.3 is 35.8 Å². The summed E-state index contributed by atoms with van der Waals surface area (Å²) in [5, 5.41) is 0. The number of rotatable bonds is 15. The molecule has 0 radical (unpaired) electrons. The number of esters is 6. The first-order valence-electron chi connectivity index (χ1n) is 22.1. The smallest absolute Gasteiger partial charge is 0.338 e. The fourth-order valence-corrected chi connectivity index (χ4v) is 7.96. The van der Waals surface area contributed by atoms with Crippen LogP contribution in [-0.4, -0.2) is 111 Å². The lowest BCUT2D eigenvalue weighted by Gasteiger charge is -2.51. The highest BCUT2D eigenvalue weighted by Crippen LogP contribution is 2.39. The highest BCUT2D eigenvalue weighted by Gasteiger charge is 2.62. The first kappa shape index (κ1) is 48.4. The molecule has 10 atom stereocenters. The summed E-state index contributed by atoms with van der Waals surface area (Å²) in [4.78, 5) is 85.0. The highest BCUT2D eigenvalue weighted by atomic mass is 16.8. The predicted molar refractivity (Wildman–Crippen MR) is 245 cm³/mol. The number of ether oxygens (including phenoxy) is 10. The molecule has 0 spiro atoms. The Morgan fingerprint density at radius 2 is 0.471 bits per heavy atom. The molecule has 6 aromatic carbocycles. The Bertz CT molecular complexity index is 2520. The molecule has 2 aliphatic rings. The molecule has 0 saturated carbocycles. The summed E-state index contributed by atoms with van der Waals surface area (Å²) >= 11 is 0. The van der Waals surface area contributed by atoms with Gasteiger partial charge < -0.3 is 47.4 Å². The molecule has 0 unspecified atom stereocenters. The topological polar surface area (TPSA) is 195 Å². The van der Waals surface area contributed by atoms with E-state index in [4.69, 9.17) is 47.4 Å². The number of benzene rings is 6. The summed E-state index contributed by atoms with van der Waals surface area (Å²) < 4.78 is 62.2. The molecule has 16 heteroatoms. The van der Waals surface area contributed by atoms with E-state index in [0.29, 0.717) is 0 Å². The van der Waals surface area contributed by atoms with Gasteiger partial charge in [-0.05, 0) is 72.8 Å². The van der Waals surface area contributed by atoms with E-state index in [2.05, 4.69) is 0 Å². The van der Waals surface area contributed by atoms with Gasteiger partial charge in [-0.1, -0.05) is 109 Å². The van der Waals surface area contributed by atoms with Gasteiger partial charge in [-0.3, -0.25) is 0 Å². The summed E-state index contributed by atoms with van der Waals surface area (Å²) in [5.41, 5.74) is 0.455. The maximum atomic E-state index is 14.3. The van der Waals surface area contributed by atoms with E-state index in [0.717, 1.165) is 0 Å². The maximum absolute atomic E-state index is 14.3. The summed E-state index contributed by atoms with van der Waals surface area (Å²) in [6.45, 7) is 0. The Labute approximate surface area is 401 Å². The minimum Gasteiger partial charge on any atom is -0.452 e. The van der Waals surface area contributed by atoms with Crippen molar-refractivity contribution in [2.24, 2.45) is 0 Å². The Kier molecular flexibility index (Phi) is 15.8. The van der Waals surface area contributed by atoms with E-state index in [-0.39, 0.29) is 33.4 Å². The number of hydrogen-bond acceptors (Lipinski definition) is 16. The van der Waals surface area contributed by atoms with E-state index >= 15 is 0 Å². The third-order valence-electron chi connectivity index (χ3n) is 11.4. The third kappa shape index (κ3) is 11.3. The fourth-order valence-electron chi connectivity index (χ4n) is 7.96. The monoisotopic (exact) mass is 950 g/mol. The predicted octanol–water partition coefficient (Wildman–Crippen LogP) is 7.08. The lowest BCUT2D eigenvalue weighted by molar-refractivity contribution is -0.349. The Morgan fingerprint density at radius 3 is 0.671 bits per heavy atom. The number of methoxy groups -OCH3 is 2. The third-order valence-corrected chi connectivity index (χ3v) is 11.4. The lowest BCUT2D eigenvalue weighted by atomic mass is 9.87. The SMILES string of the molecule is CO[C@H]1O[C@@H]([C@@H]2O[C@H](OC)[C@@H](OC(=O)c3ccccc3)[C@@H](OC(=O)c3ccccc3)[C@@H]2OC(=O)c2ccccc2)[C@@H](OC(=O)c2ccccc2)[C@H](OC(=O)c2ccccc2)[C@@H]1OC(=O)c1ccccc1. The zero-order valence-corrected chi connectivity index (χ0v) is 37.6. The van der Waals surface area contributed by atoms with Crippen molar-refractivity contribution in [2.45, 2.75) is 61.4 Å². The first-order valence-corrected chi connectivity index (χ1v) is 22.1. The number of carbonyl (C=O) groups excluding carboxylic acids is 6. The fraction of sp³-hybridized carbons (Fsp3) is 0.222. The second-order valence-corrected chi connectivity index (χ2v) is 15.8.